The molecule has 1 aromatic heterocycles. The number of hydrogen-bond acceptors (Lipinski definition) is 3. The van der Waals surface area contributed by atoms with Gasteiger partial charge < -0.3 is 4.74 Å². The molecule has 0 aliphatic rings. The summed E-state index contributed by atoms with van der Waals surface area (Å²) in [7, 11) is 0. The largest absolute Gasteiger partial charge is 0.464 e. The SMILES string of the molecule is CC(Oc1nc(Cl)ncc1Cl)C(F)(F)F. The van der Waals surface area contributed by atoms with Gasteiger partial charge in [-0.15, -0.1) is 0 Å². The molecule has 1 heterocycles. The molecule has 0 N–H and O–H groups in total. The van der Waals surface area contributed by atoms with Gasteiger partial charge in [-0.1, -0.05) is 11.6 Å². The van der Waals surface area contributed by atoms with E-state index < -0.39 is 12.3 Å². The molecule has 0 spiro atoms. The molecule has 0 aliphatic heterocycles. The van der Waals surface area contributed by atoms with Crippen LogP contribution in [0.2, 0.25) is 10.3 Å². The molecule has 0 amide bonds. The van der Waals surface area contributed by atoms with Gasteiger partial charge in [0.2, 0.25) is 11.2 Å². The van der Waals surface area contributed by atoms with Crippen molar-refractivity contribution in [2.45, 2.75) is 19.2 Å². The van der Waals surface area contributed by atoms with Crippen molar-refractivity contribution in [1.29, 1.82) is 0 Å². The average molecular weight is 261 g/mol. The Hall–Kier alpha value is -0.750. The fourth-order valence-corrected chi connectivity index (χ4v) is 0.909. The predicted molar refractivity (Wildman–Crippen MR) is 48.2 cm³/mol. The number of halogens is 5. The Morgan fingerprint density at radius 2 is 2.00 bits per heavy atom. The average Bonchev–Trinajstić information content (AvgIpc) is 2.09. The molecule has 8 heteroatoms. The van der Waals surface area contributed by atoms with E-state index in [4.69, 9.17) is 23.2 Å². The molecule has 15 heavy (non-hydrogen) atoms. The summed E-state index contributed by atoms with van der Waals surface area (Å²) >= 11 is 10.9. The summed E-state index contributed by atoms with van der Waals surface area (Å²) in [6.07, 6.45) is -5.43. The molecule has 3 nitrogen and oxygen atoms in total. The zero-order chi connectivity index (χ0) is 11.6. The normalized spacial score (nSPS) is 13.7. The minimum Gasteiger partial charge on any atom is -0.464 e. The van der Waals surface area contributed by atoms with Crippen molar-refractivity contribution in [3.63, 3.8) is 0 Å². The van der Waals surface area contributed by atoms with Crippen molar-refractivity contribution in [2.24, 2.45) is 0 Å². The third kappa shape index (κ3) is 3.39. The van der Waals surface area contributed by atoms with Gasteiger partial charge in [-0.2, -0.15) is 18.2 Å². The molecule has 0 aliphatic carbocycles. The van der Waals surface area contributed by atoms with Crippen molar-refractivity contribution >= 4 is 23.2 Å². The third-order valence-electron chi connectivity index (χ3n) is 1.43. The second-order valence-corrected chi connectivity index (χ2v) is 3.34. The van der Waals surface area contributed by atoms with E-state index in [2.05, 4.69) is 14.7 Å². The second-order valence-electron chi connectivity index (χ2n) is 2.59. The quantitative estimate of drug-likeness (QED) is 0.767. The van der Waals surface area contributed by atoms with Gasteiger partial charge in [0.15, 0.2) is 6.10 Å². The van der Waals surface area contributed by atoms with Crippen LogP contribution in [0.15, 0.2) is 6.20 Å². The lowest BCUT2D eigenvalue weighted by atomic mass is 10.4. The number of rotatable bonds is 2. The van der Waals surface area contributed by atoms with Crippen LogP contribution in [0.4, 0.5) is 13.2 Å². The molecule has 0 radical (unpaired) electrons. The van der Waals surface area contributed by atoms with Gasteiger partial charge >= 0.3 is 6.18 Å². The molecule has 0 bridgehead atoms. The Balaban J connectivity index is 2.85. The Labute approximate surface area is 93.2 Å². The van der Waals surface area contributed by atoms with Crippen LogP contribution in [0.3, 0.4) is 0 Å². The van der Waals surface area contributed by atoms with E-state index in [-0.39, 0.29) is 16.2 Å². The fourth-order valence-electron chi connectivity index (χ4n) is 0.648. The highest BCUT2D eigenvalue weighted by Crippen LogP contribution is 2.28. The van der Waals surface area contributed by atoms with E-state index in [1.165, 1.54) is 0 Å². The first-order valence-corrected chi connectivity index (χ1v) is 4.47. The van der Waals surface area contributed by atoms with E-state index >= 15 is 0 Å². The van der Waals surface area contributed by atoms with Crippen LogP contribution in [-0.4, -0.2) is 22.2 Å². The summed E-state index contributed by atoms with van der Waals surface area (Å²) < 4.78 is 40.9. The monoisotopic (exact) mass is 260 g/mol. The number of ether oxygens (including phenoxy) is 1. The van der Waals surface area contributed by atoms with Gasteiger partial charge in [0.05, 0.1) is 6.20 Å². The minimum atomic E-state index is -4.49. The maximum Gasteiger partial charge on any atom is 0.425 e. The molecule has 0 saturated heterocycles. The van der Waals surface area contributed by atoms with Crippen LogP contribution in [0.1, 0.15) is 6.92 Å². The van der Waals surface area contributed by atoms with Gasteiger partial charge in [-0.25, -0.2) is 4.98 Å². The molecule has 0 fully saturated rings. The Bertz CT molecular complexity index is 359. The molecule has 0 saturated carbocycles. The lowest BCUT2D eigenvalue weighted by Gasteiger charge is -2.17. The maximum atomic E-state index is 12.1. The first-order chi connectivity index (χ1) is 6.80. The highest BCUT2D eigenvalue weighted by Gasteiger charge is 2.38. The highest BCUT2D eigenvalue weighted by molar-refractivity contribution is 6.32. The van der Waals surface area contributed by atoms with E-state index in [0.717, 1.165) is 13.1 Å². The van der Waals surface area contributed by atoms with E-state index in [9.17, 15) is 13.2 Å². The zero-order valence-corrected chi connectivity index (χ0v) is 8.86. The van der Waals surface area contributed by atoms with Crippen LogP contribution < -0.4 is 4.74 Å². The van der Waals surface area contributed by atoms with Crippen LogP contribution in [-0.2, 0) is 0 Å². The van der Waals surface area contributed by atoms with Crippen molar-refractivity contribution < 1.29 is 17.9 Å². The molecule has 1 unspecified atom stereocenters. The number of hydrogen-bond donors (Lipinski definition) is 0. The van der Waals surface area contributed by atoms with Crippen LogP contribution in [0, 0.1) is 0 Å². The summed E-state index contributed by atoms with van der Waals surface area (Å²) in [6, 6.07) is 0. The van der Waals surface area contributed by atoms with E-state index in [0.29, 0.717) is 0 Å². The molecule has 1 aromatic rings. The van der Waals surface area contributed by atoms with Crippen molar-refractivity contribution in [3.8, 4) is 5.88 Å². The summed E-state index contributed by atoms with van der Waals surface area (Å²) in [4.78, 5) is 6.90. The summed E-state index contributed by atoms with van der Waals surface area (Å²) in [5.41, 5.74) is 0. The molecule has 0 aromatic carbocycles. The zero-order valence-electron chi connectivity index (χ0n) is 7.35. The Morgan fingerprint density at radius 3 is 2.53 bits per heavy atom. The Kier molecular flexibility index (Phi) is 3.62. The van der Waals surface area contributed by atoms with Gasteiger partial charge in [0, 0.05) is 0 Å². The first-order valence-electron chi connectivity index (χ1n) is 3.72. The van der Waals surface area contributed by atoms with Gasteiger partial charge in [-0.3, -0.25) is 0 Å². The fraction of sp³-hybridized carbons (Fsp3) is 0.429. The van der Waals surface area contributed by atoms with Crippen molar-refractivity contribution in [2.75, 3.05) is 0 Å². The van der Waals surface area contributed by atoms with Crippen LogP contribution in [0.5, 0.6) is 5.88 Å². The molecule has 1 rings (SSSR count). The minimum absolute atomic E-state index is 0.129. The van der Waals surface area contributed by atoms with Gasteiger partial charge in [-0.05, 0) is 18.5 Å². The van der Waals surface area contributed by atoms with E-state index in [1.807, 2.05) is 0 Å². The summed E-state index contributed by atoms with van der Waals surface area (Å²) in [5, 5.41) is -0.362. The molecule has 1 atom stereocenters. The Morgan fingerprint density at radius 1 is 1.40 bits per heavy atom. The number of nitrogens with zero attached hydrogens (tertiary/aromatic N) is 2. The van der Waals surface area contributed by atoms with Crippen molar-refractivity contribution in [1.82, 2.24) is 9.97 Å². The number of alkyl halides is 3. The smallest absolute Gasteiger partial charge is 0.425 e. The first kappa shape index (κ1) is 12.3. The van der Waals surface area contributed by atoms with Crippen LogP contribution in [0.25, 0.3) is 0 Å². The lowest BCUT2D eigenvalue weighted by molar-refractivity contribution is -0.189. The lowest BCUT2D eigenvalue weighted by Crippen LogP contribution is -2.31. The highest BCUT2D eigenvalue weighted by atomic mass is 35.5. The number of aromatic nitrogens is 2. The van der Waals surface area contributed by atoms with Crippen molar-refractivity contribution in [3.05, 3.63) is 16.5 Å². The van der Waals surface area contributed by atoms with Gasteiger partial charge in [0.25, 0.3) is 0 Å². The molecular weight excluding hydrogens is 256 g/mol. The standard InChI is InChI=1S/C7H5Cl2F3N2O/c1-3(7(10,11)12)15-5-4(8)2-13-6(9)14-5/h2-3H,1H3. The predicted octanol–water partition coefficient (Wildman–Crippen LogP) is 3.11. The topological polar surface area (TPSA) is 35.0 Å². The molecule has 84 valence electrons. The third-order valence-corrected chi connectivity index (χ3v) is 1.87. The maximum absolute atomic E-state index is 12.1. The second kappa shape index (κ2) is 4.40. The summed E-state index contributed by atoms with van der Waals surface area (Å²) in [5.74, 6) is -0.388. The van der Waals surface area contributed by atoms with Crippen LogP contribution >= 0.6 is 23.2 Å². The summed E-state index contributed by atoms with van der Waals surface area (Å²) in [6.45, 7) is 0.840. The van der Waals surface area contributed by atoms with Gasteiger partial charge in [0.1, 0.15) is 5.02 Å². The molecular formula is C7H5Cl2F3N2O. The van der Waals surface area contributed by atoms with E-state index in [1.54, 1.807) is 0 Å².